The second-order valence-corrected chi connectivity index (χ2v) is 8.22. The highest BCUT2D eigenvalue weighted by Gasteiger charge is 2.21. The number of ether oxygens (including phenoxy) is 1. The van der Waals surface area contributed by atoms with Crippen LogP contribution < -0.4 is 15.5 Å². The highest BCUT2D eigenvalue weighted by Crippen LogP contribution is 2.25. The van der Waals surface area contributed by atoms with E-state index in [9.17, 15) is 14.4 Å². The molecule has 34 heavy (non-hydrogen) atoms. The lowest BCUT2D eigenvalue weighted by Crippen LogP contribution is -2.25. The smallest absolute Gasteiger partial charge is 0.244 e. The van der Waals surface area contributed by atoms with E-state index in [2.05, 4.69) is 10.3 Å². The molecular formula is C26H22ClN3O4. The Labute approximate surface area is 201 Å². The summed E-state index contributed by atoms with van der Waals surface area (Å²) in [6.07, 6.45) is 1.38. The summed E-state index contributed by atoms with van der Waals surface area (Å²) in [7, 11) is 1.46. The molecule has 8 heteroatoms. The number of nitrogens with zero attached hydrogens (tertiary/aromatic N) is 2. The standard InChI is InChI=1S/C26H22ClN3O4/c1-15-7-6-9-20(23(15)27)29-22(31)14-30-13-19(24(32)17-8-4-5-10-21(17)34-3)25(33)18-12-11-16(2)28-26(18)30/h4-13H,14H2,1-3H3,(H,29,31). The average Bonchev–Trinajstić information content (AvgIpc) is 2.83. The quantitative estimate of drug-likeness (QED) is 0.413. The maximum Gasteiger partial charge on any atom is 0.244 e. The topological polar surface area (TPSA) is 90.3 Å². The Balaban J connectivity index is 1.79. The van der Waals surface area contributed by atoms with Crippen LogP contribution in [0.4, 0.5) is 5.69 Å². The largest absolute Gasteiger partial charge is 0.496 e. The molecule has 7 nitrogen and oxygen atoms in total. The molecule has 0 spiro atoms. The number of methoxy groups -OCH3 is 1. The van der Waals surface area contributed by atoms with E-state index in [1.165, 1.54) is 17.9 Å². The number of rotatable bonds is 6. The number of pyridine rings is 2. The minimum absolute atomic E-state index is 0.0796. The van der Waals surface area contributed by atoms with E-state index in [1.54, 1.807) is 55.5 Å². The van der Waals surface area contributed by atoms with E-state index >= 15 is 0 Å². The number of hydrogen-bond acceptors (Lipinski definition) is 5. The van der Waals surface area contributed by atoms with Crippen molar-refractivity contribution in [2.45, 2.75) is 20.4 Å². The zero-order valence-corrected chi connectivity index (χ0v) is 19.6. The number of aryl methyl sites for hydroxylation is 2. The van der Waals surface area contributed by atoms with E-state index in [4.69, 9.17) is 16.3 Å². The van der Waals surface area contributed by atoms with Gasteiger partial charge in [-0.1, -0.05) is 35.9 Å². The number of hydrogen-bond donors (Lipinski definition) is 1. The van der Waals surface area contributed by atoms with Crippen LogP contribution >= 0.6 is 11.6 Å². The van der Waals surface area contributed by atoms with Gasteiger partial charge in [-0.3, -0.25) is 14.4 Å². The minimum Gasteiger partial charge on any atom is -0.496 e. The lowest BCUT2D eigenvalue weighted by molar-refractivity contribution is -0.116. The summed E-state index contributed by atoms with van der Waals surface area (Å²) in [6.45, 7) is 3.45. The molecule has 1 amide bonds. The van der Waals surface area contributed by atoms with Gasteiger partial charge in [0.2, 0.25) is 17.1 Å². The molecule has 4 rings (SSSR count). The van der Waals surface area contributed by atoms with E-state index in [-0.39, 0.29) is 29.0 Å². The van der Waals surface area contributed by atoms with E-state index in [0.29, 0.717) is 27.8 Å². The molecule has 2 aromatic heterocycles. The fraction of sp³-hybridized carbons (Fsp3) is 0.154. The summed E-state index contributed by atoms with van der Waals surface area (Å²) in [5.74, 6) is -0.523. The normalized spacial score (nSPS) is 10.8. The van der Waals surface area contributed by atoms with Crippen LogP contribution in [0.2, 0.25) is 5.02 Å². The molecule has 0 saturated heterocycles. The van der Waals surface area contributed by atoms with Crippen molar-refractivity contribution in [2.75, 3.05) is 12.4 Å². The second-order valence-electron chi connectivity index (χ2n) is 7.84. The Kier molecular flexibility index (Phi) is 6.47. The molecule has 4 aromatic rings. The van der Waals surface area contributed by atoms with Crippen LogP contribution in [0.15, 0.2) is 65.6 Å². The van der Waals surface area contributed by atoms with Crippen molar-refractivity contribution in [3.63, 3.8) is 0 Å². The van der Waals surface area contributed by atoms with Gasteiger partial charge < -0.3 is 14.6 Å². The van der Waals surface area contributed by atoms with Gasteiger partial charge in [0.15, 0.2) is 0 Å². The first kappa shape index (κ1) is 23.2. The van der Waals surface area contributed by atoms with Crippen molar-refractivity contribution in [3.05, 3.63) is 98.4 Å². The number of aromatic nitrogens is 2. The fourth-order valence-electron chi connectivity index (χ4n) is 3.71. The fourth-order valence-corrected chi connectivity index (χ4v) is 3.88. The van der Waals surface area contributed by atoms with Gasteiger partial charge in [0, 0.05) is 11.9 Å². The first-order valence-electron chi connectivity index (χ1n) is 10.5. The molecule has 172 valence electrons. The molecule has 0 atom stereocenters. The Morgan fingerprint density at radius 1 is 1.03 bits per heavy atom. The molecule has 2 heterocycles. The van der Waals surface area contributed by atoms with Crippen molar-refractivity contribution in [1.29, 1.82) is 0 Å². The number of benzene rings is 2. The molecule has 1 N–H and O–H groups in total. The van der Waals surface area contributed by atoms with E-state index in [0.717, 1.165) is 5.56 Å². The molecule has 0 unspecified atom stereocenters. The number of para-hydroxylation sites is 1. The summed E-state index contributed by atoms with van der Waals surface area (Å²) in [6, 6.07) is 15.3. The number of ketones is 1. The van der Waals surface area contributed by atoms with Crippen molar-refractivity contribution in [1.82, 2.24) is 9.55 Å². The van der Waals surface area contributed by atoms with Gasteiger partial charge in [-0.2, -0.15) is 0 Å². The van der Waals surface area contributed by atoms with Gasteiger partial charge in [0.05, 0.1) is 34.3 Å². The van der Waals surface area contributed by atoms with Crippen molar-refractivity contribution >= 4 is 40.0 Å². The molecule has 2 aromatic carbocycles. The van der Waals surface area contributed by atoms with Crippen LogP contribution in [-0.2, 0) is 11.3 Å². The Morgan fingerprint density at radius 2 is 1.79 bits per heavy atom. The Hall–Kier alpha value is -3.97. The third-order valence-corrected chi connectivity index (χ3v) is 5.94. The summed E-state index contributed by atoms with van der Waals surface area (Å²) in [4.78, 5) is 43.9. The summed E-state index contributed by atoms with van der Waals surface area (Å²) in [5.41, 5.74) is 2.00. The Bertz CT molecular complexity index is 1490. The summed E-state index contributed by atoms with van der Waals surface area (Å²) in [5, 5.41) is 3.48. The van der Waals surface area contributed by atoms with Crippen molar-refractivity contribution in [3.8, 4) is 5.75 Å². The first-order chi connectivity index (χ1) is 16.3. The minimum atomic E-state index is -0.499. The molecule has 0 aliphatic carbocycles. The lowest BCUT2D eigenvalue weighted by atomic mass is 10.0. The first-order valence-corrected chi connectivity index (χ1v) is 10.9. The molecule has 0 fully saturated rings. The van der Waals surface area contributed by atoms with Gasteiger partial charge in [-0.05, 0) is 49.7 Å². The maximum absolute atomic E-state index is 13.3. The summed E-state index contributed by atoms with van der Waals surface area (Å²) < 4.78 is 6.80. The molecule has 0 aliphatic rings. The monoisotopic (exact) mass is 475 g/mol. The van der Waals surface area contributed by atoms with Crippen LogP contribution in [0.5, 0.6) is 5.75 Å². The van der Waals surface area contributed by atoms with Gasteiger partial charge in [-0.25, -0.2) is 4.98 Å². The number of fused-ring (bicyclic) bond motifs is 1. The number of anilines is 1. The van der Waals surface area contributed by atoms with Gasteiger partial charge >= 0.3 is 0 Å². The van der Waals surface area contributed by atoms with Crippen molar-refractivity contribution in [2.24, 2.45) is 0 Å². The molecule has 0 aliphatic heterocycles. The molecular weight excluding hydrogens is 454 g/mol. The highest BCUT2D eigenvalue weighted by molar-refractivity contribution is 6.34. The van der Waals surface area contributed by atoms with Gasteiger partial charge in [0.1, 0.15) is 17.9 Å². The Morgan fingerprint density at radius 3 is 2.56 bits per heavy atom. The SMILES string of the molecule is COc1ccccc1C(=O)c1cn(CC(=O)Nc2cccc(C)c2Cl)c2nc(C)ccc2c1=O. The van der Waals surface area contributed by atoms with Crippen LogP contribution in [0.3, 0.4) is 0 Å². The van der Waals surface area contributed by atoms with Crippen LogP contribution in [0, 0.1) is 13.8 Å². The van der Waals surface area contributed by atoms with Crippen molar-refractivity contribution < 1.29 is 14.3 Å². The van der Waals surface area contributed by atoms with E-state index < -0.39 is 11.2 Å². The summed E-state index contributed by atoms with van der Waals surface area (Å²) >= 11 is 6.31. The van der Waals surface area contributed by atoms with Crippen LogP contribution in [0.25, 0.3) is 11.0 Å². The number of carbonyl (C=O) groups is 2. The highest BCUT2D eigenvalue weighted by atomic mass is 35.5. The van der Waals surface area contributed by atoms with E-state index in [1.807, 2.05) is 13.0 Å². The van der Waals surface area contributed by atoms with Crippen LogP contribution in [-0.4, -0.2) is 28.4 Å². The third kappa shape index (κ3) is 4.43. The molecule has 0 saturated carbocycles. The van der Waals surface area contributed by atoms with Gasteiger partial charge in [-0.15, -0.1) is 0 Å². The maximum atomic E-state index is 13.3. The lowest BCUT2D eigenvalue weighted by Gasteiger charge is -2.14. The zero-order chi connectivity index (χ0) is 24.4. The average molecular weight is 476 g/mol. The predicted octanol–water partition coefficient (Wildman–Crippen LogP) is 4.55. The number of carbonyl (C=O) groups excluding carboxylic acids is 2. The zero-order valence-electron chi connectivity index (χ0n) is 18.9. The number of halogens is 1. The third-order valence-electron chi connectivity index (χ3n) is 5.44. The number of nitrogens with one attached hydrogen (secondary N) is 1. The molecule has 0 bridgehead atoms. The number of amides is 1. The van der Waals surface area contributed by atoms with Gasteiger partial charge in [0.25, 0.3) is 0 Å². The van der Waals surface area contributed by atoms with Crippen LogP contribution in [0.1, 0.15) is 27.2 Å². The second kappa shape index (κ2) is 9.49. The molecule has 0 radical (unpaired) electrons. The predicted molar refractivity (Wildman–Crippen MR) is 132 cm³/mol.